The van der Waals surface area contributed by atoms with Crippen molar-refractivity contribution in [3.05, 3.63) is 74.9 Å². The summed E-state index contributed by atoms with van der Waals surface area (Å²) >= 11 is 11.3. The molecular weight excluding hydrogens is 418 g/mol. The number of nitrogens with zero attached hydrogens (tertiary/aromatic N) is 3. The third-order valence-electron chi connectivity index (χ3n) is 5.17. The minimum absolute atomic E-state index is 0.0397. The Hall–Kier alpha value is -2.58. The fourth-order valence-corrected chi connectivity index (χ4v) is 4.26. The number of fused-ring (bicyclic) bond motifs is 1. The molecule has 1 aliphatic rings. The van der Waals surface area contributed by atoms with Crippen LogP contribution in [-0.2, 0) is 31.2 Å². The van der Waals surface area contributed by atoms with Gasteiger partial charge in [0.1, 0.15) is 17.5 Å². The molecule has 0 radical (unpaired) electrons. The van der Waals surface area contributed by atoms with Gasteiger partial charge in [-0.3, -0.25) is 4.79 Å². The van der Waals surface area contributed by atoms with Gasteiger partial charge >= 0.3 is 0 Å². The minimum Gasteiger partial charge on any atom is -0.323 e. The van der Waals surface area contributed by atoms with Gasteiger partial charge in [-0.2, -0.15) is 0 Å². The molecule has 1 aliphatic heterocycles. The maximum absolute atomic E-state index is 14.5. The highest BCUT2D eigenvalue weighted by molar-refractivity contribution is 7.71. The van der Waals surface area contributed by atoms with Crippen LogP contribution in [0, 0.1) is 16.4 Å². The van der Waals surface area contributed by atoms with Crippen LogP contribution in [0.15, 0.2) is 36.5 Å². The number of halogens is 3. The van der Waals surface area contributed by atoms with Gasteiger partial charge in [0.25, 0.3) is 0 Å². The van der Waals surface area contributed by atoms with E-state index in [4.69, 9.17) is 23.8 Å². The molecule has 1 amide bonds. The van der Waals surface area contributed by atoms with Gasteiger partial charge < -0.3 is 14.5 Å². The average Bonchev–Trinajstić information content (AvgIpc) is 3.21. The van der Waals surface area contributed by atoms with E-state index in [2.05, 4.69) is 10.3 Å². The Balaban J connectivity index is 1.62. The van der Waals surface area contributed by atoms with Crippen molar-refractivity contribution in [1.29, 1.82) is 0 Å². The number of imidazole rings is 1. The molecule has 0 aliphatic carbocycles. The number of anilines is 1. The Kier molecular flexibility index (Phi) is 5.23. The predicted molar refractivity (Wildman–Crippen MR) is 109 cm³/mol. The van der Waals surface area contributed by atoms with Gasteiger partial charge in [-0.1, -0.05) is 17.7 Å². The van der Waals surface area contributed by atoms with E-state index in [0.29, 0.717) is 29.2 Å². The van der Waals surface area contributed by atoms with Gasteiger partial charge in [0, 0.05) is 42.7 Å². The zero-order valence-corrected chi connectivity index (χ0v) is 17.0. The summed E-state index contributed by atoms with van der Waals surface area (Å²) in [5.41, 5.74) is 1.48. The number of hydrogen-bond donors (Lipinski definition) is 1. The number of benzene rings is 1. The van der Waals surface area contributed by atoms with E-state index >= 15 is 0 Å². The molecule has 0 fully saturated rings. The van der Waals surface area contributed by atoms with Crippen LogP contribution in [0.4, 0.5) is 14.6 Å². The summed E-state index contributed by atoms with van der Waals surface area (Å²) in [6, 6.07) is 7.61. The zero-order chi connectivity index (χ0) is 20.7. The number of pyridine rings is 1. The molecule has 5 nitrogen and oxygen atoms in total. The van der Waals surface area contributed by atoms with Gasteiger partial charge in [0.15, 0.2) is 4.77 Å². The molecule has 1 aromatic carbocycles. The Morgan fingerprint density at radius 1 is 1.34 bits per heavy atom. The predicted octanol–water partition coefficient (Wildman–Crippen LogP) is 4.40. The topological polar surface area (TPSA) is 51.9 Å². The number of carbonyl (C=O) groups is 1. The lowest BCUT2D eigenvalue weighted by Crippen LogP contribution is -2.18. The molecule has 1 atom stereocenters. The standard InChI is InChI=1S/C20H17ClF2N4OS/c1-26-14(9-17(28)25-16-4-2-3-7-24-16)15-8-11(10-27(15)20(26)29)18-13(22)6-5-12(21)19(18)23/h2-7,11H,8-10H2,1H3,(H,24,25,28). The molecule has 0 bridgehead atoms. The van der Waals surface area contributed by atoms with E-state index in [1.54, 1.807) is 36.0 Å². The normalized spacial score (nSPS) is 15.4. The second-order valence-corrected chi connectivity index (χ2v) is 7.72. The molecule has 1 unspecified atom stereocenters. The van der Waals surface area contributed by atoms with Crippen LogP contribution in [0.3, 0.4) is 0 Å². The summed E-state index contributed by atoms with van der Waals surface area (Å²) in [4.78, 5) is 16.6. The first-order chi connectivity index (χ1) is 13.9. The Labute approximate surface area is 176 Å². The Morgan fingerprint density at radius 2 is 2.14 bits per heavy atom. The molecular formula is C20H17ClF2N4OS. The monoisotopic (exact) mass is 434 g/mol. The SMILES string of the molecule is Cn1c(CC(=O)Nc2ccccn2)c2n(c1=S)CC(c1c(F)ccc(Cl)c1F)C2. The fourth-order valence-electron chi connectivity index (χ4n) is 3.80. The van der Waals surface area contributed by atoms with Crippen molar-refractivity contribution >= 4 is 35.5 Å². The summed E-state index contributed by atoms with van der Waals surface area (Å²) in [5, 5.41) is 2.63. The first-order valence-electron chi connectivity index (χ1n) is 8.98. The van der Waals surface area contributed by atoms with Crippen molar-refractivity contribution in [2.45, 2.75) is 25.3 Å². The number of hydrogen-bond acceptors (Lipinski definition) is 3. The van der Waals surface area contributed by atoms with Crippen LogP contribution >= 0.6 is 23.8 Å². The number of aromatic nitrogens is 3. The number of amides is 1. The molecule has 3 aromatic rings. The third kappa shape index (κ3) is 3.58. The lowest BCUT2D eigenvalue weighted by Gasteiger charge is -2.14. The molecule has 150 valence electrons. The van der Waals surface area contributed by atoms with Crippen LogP contribution in [0.2, 0.25) is 5.02 Å². The minimum atomic E-state index is -0.743. The molecule has 9 heteroatoms. The Morgan fingerprint density at radius 3 is 2.86 bits per heavy atom. The summed E-state index contributed by atoms with van der Waals surface area (Å²) in [6.45, 7) is 0.331. The lowest BCUT2D eigenvalue weighted by atomic mass is 9.95. The molecule has 1 N–H and O–H groups in total. The zero-order valence-electron chi connectivity index (χ0n) is 15.5. The number of nitrogens with one attached hydrogen (secondary N) is 1. The third-order valence-corrected chi connectivity index (χ3v) is 5.96. The van der Waals surface area contributed by atoms with Gasteiger partial charge in [-0.15, -0.1) is 0 Å². The quantitative estimate of drug-likeness (QED) is 0.489. The van der Waals surface area contributed by atoms with Gasteiger partial charge in [-0.25, -0.2) is 13.8 Å². The maximum atomic E-state index is 14.5. The molecule has 3 heterocycles. The summed E-state index contributed by atoms with van der Waals surface area (Å²) < 4.78 is 32.9. The van der Waals surface area contributed by atoms with Crippen molar-refractivity contribution in [1.82, 2.24) is 14.1 Å². The summed E-state index contributed by atoms with van der Waals surface area (Å²) in [7, 11) is 1.78. The van der Waals surface area contributed by atoms with Gasteiger partial charge in [-0.05, 0) is 42.9 Å². The van der Waals surface area contributed by atoms with Crippen LogP contribution in [-0.4, -0.2) is 20.0 Å². The largest absolute Gasteiger partial charge is 0.323 e. The van der Waals surface area contributed by atoms with Crippen molar-refractivity contribution in [2.24, 2.45) is 7.05 Å². The first kappa shape index (κ1) is 19.7. The van der Waals surface area contributed by atoms with Crippen LogP contribution in [0.1, 0.15) is 22.9 Å². The highest BCUT2D eigenvalue weighted by Crippen LogP contribution is 2.37. The molecule has 29 heavy (non-hydrogen) atoms. The fraction of sp³-hybridized carbons (Fsp3) is 0.250. The van der Waals surface area contributed by atoms with E-state index < -0.39 is 17.6 Å². The van der Waals surface area contributed by atoms with Crippen LogP contribution < -0.4 is 5.32 Å². The Bertz CT molecular complexity index is 1160. The van der Waals surface area contributed by atoms with Crippen molar-refractivity contribution in [3.8, 4) is 0 Å². The maximum Gasteiger partial charge on any atom is 0.231 e. The van der Waals surface area contributed by atoms with Crippen LogP contribution in [0.5, 0.6) is 0 Å². The molecule has 0 saturated heterocycles. The van der Waals surface area contributed by atoms with Crippen molar-refractivity contribution in [3.63, 3.8) is 0 Å². The van der Waals surface area contributed by atoms with Gasteiger partial charge in [0.2, 0.25) is 5.91 Å². The summed E-state index contributed by atoms with van der Waals surface area (Å²) in [6.07, 6.45) is 2.03. The summed E-state index contributed by atoms with van der Waals surface area (Å²) in [5.74, 6) is -1.61. The molecule has 2 aromatic heterocycles. The smallest absolute Gasteiger partial charge is 0.231 e. The highest BCUT2D eigenvalue weighted by atomic mass is 35.5. The van der Waals surface area contributed by atoms with E-state index in [1.165, 1.54) is 12.1 Å². The van der Waals surface area contributed by atoms with E-state index in [-0.39, 0.29) is 22.9 Å². The van der Waals surface area contributed by atoms with E-state index in [1.807, 2.05) is 4.57 Å². The van der Waals surface area contributed by atoms with Gasteiger partial charge in [0.05, 0.1) is 11.4 Å². The molecule has 0 saturated carbocycles. The second-order valence-electron chi connectivity index (χ2n) is 6.94. The van der Waals surface area contributed by atoms with E-state index in [9.17, 15) is 13.6 Å². The lowest BCUT2D eigenvalue weighted by molar-refractivity contribution is -0.115. The molecule has 0 spiro atoms. The van der Waals surface area contributed by atoms with Crippen LogP contribution in [0.25, 0.3) is 0 Å². The number of carbonyl (C=O) groups excluding carboxylic acids is 1. The van der Waals surface area contributed by atoms with E-state index in [0.717, 1.165) is 5.69 Å². The molecule has 4 rings (SSSR count). The van der Waals surface area contributed by atoms with Crippen molar-refractivity contribution < 1.29 is 13.6 Å². The van der Waals surface area contributed by atoms with Crippen molar-refractivity contribution in [2.75, 3.05) is 5.32 Å². The number of rotatable bonds is 4. The average molecular weight is 435 g/mol. The highest BCUT2D eigenvalue weighted by Gasteiger charge is 2.33. The first-order valence-corrected chi connectivity index (χ1v) is 9.77. The second kappa shape index (κ2) is 7.68.